The van der Waals surface area contributed by atoms with E-state index in [1.807, 2.05) is 13.8 Å². The highest BCUT2D eigenvalue weighted by molar-refractivity contribution is 5.75. The maximum absolute atomic E-state index is 11.5. The first kappa shape index (κ1) is 27.6. The standard InChI is InChI=1S/C23H42O.C2H6.CH5N/c1-8-9-18-20(22(5,6)14-12-17(4)24)13-15-23(7)19(16(2)3)10-11-21(18)23;2*1-2/h16,18-21H,8-15H2,1-7H3;1-2H3;2H2,1H3. The van der Waals surface area contributed by atoms with E-state index in [1.54, 1.807) is 6.92 Å². The molecule has 0 amide bonds. The molecule has 0 heterocycles. The summed E-state index contributed by atoms with van der Waals surface area (Å²) in [5, 5.41) is 0. The third-order valence-corrected chi connectivity index (χ3v) is 8.06. The largest absolute Gasteiger partial charge is 0.333 e. The lowest BCUT2D eigenvalue weighted by molar-refractivity contribution is -0.118. The molecule has 2 saturated carbocycles. The van der Waals surface area contributed by atoms with Gasteiger partial charge in [-0.25, -0.2) is 0 Å². The van der Waals surface area contributed by atoms with Crippen LogP contribution in [0.2, 0.25) is 0 Å². The van der Waals surface area contributed by atoms with E-state index in [-0.39, 0.29) is 0 Å². The summed E-state index contributed by atoms with van der Waals surface area (Å²) in [5.74, 6) is 4.70. The molecular formula is C26H53NO. The van der Waals surface area contributed by atoms with Crippen LogP contribution >= 0.6 is 0 Å². The summed E-state index contributed by atoms with van der Waals surface area (Å²) in [6, 6.07) is 0. The molecule has 0 aromatic rings. The van der Waals surface area contributed by atoms with Crippen molar-refractivity contribution < 1.29 is 4.79 Å². The average Bonchev–Trinajstić information content (AvgIpc) is 3.01. The lowest BCUT2D eigenvalue weighted by atomic mass is 9.51. The topological polar surface area (TPSA) is 43.1 Å². The molecule has 0 spiro atoms. The number of ketones is 1. The van der Waals surface area contributed by atoms with E-state index < -0.39 is 0 Å². The molecule has 0 aliphatic heterocycles. The second-order valence-electron chi connectivity index (χ2n) is 10.3. The summed E-state index contributed by atoms with van der Waals surface area (Å²) in [6.45, 7) is 20.5. The Bertz CT molecular complexity index is 442. The number of fused-ring (bicyclic) bond motifs is 1. The Hall–Kier alpha value is -0.370. The van der Waals surface area contributed by atoms with E-state index in [0.717, 1.165) is 42.4 Å². The Labute approximate surface area is 177 Å². The van der Waals surface area contributed by atoms with Crippen molar-refractivity contribution in [1.82, 2.24) is 0 Å². The van der Waals surface area contributed by atoms with Crippen molar-refractivity contribution in [3.8, 4) is 0 Å². The Kier molecular flexibility index (Phi) is 12.2. The molecule has 0 radical (unpaired) electrons. The third kappa shape index (κ3) is 6.31. The minimum absolute atomic E-state index is 0.308. The number of carbonyl (C=O) groups excluding carboxylic acids is 1. The van der Waals surface area contributed by atoms with Crippen LogP contribution < -0.4 is 5.73 Å². The van der Waals surface area contributed by atoms with Crippen molar-refractivity contribution in [3.63, 3.8) is 0 Å². The number of carbonyl (C=O) groups is 1. The summed E-state index contributed by atoms with van der Waals surface area (Å²) < 4.78 is 0. The van der Waals surface area contributed by atoms with Gasteiger partial charge in [0.2, 0.25) is 0 Å². The molecule has 0 aromatic heterocycles. The van der Waals surface area contributed by atoms with Gasteiger partial charge in [-0.15, -0.1) is 0 Å². The van der Waals surface area contributed by atoms with Crippen LogP contribution in [0.3, 0.4) is 0 Å². The van der Waals surface area contributed by atoms with Gasteiger partial charge in [0, 0.05) is 6.42 Å². The Balaban J connectivity index is 0.00000171. The van der Waals surface area contributed by atoms with Gasteiger partial charge in [0.15, 0.2) is 0 Å². The van der Waals surface area contributed by atoms with E-state index in [2.05, 4.69) is 47.3 Å². The quantitative estimate of drug-likeness (QED) is 0.485. The Morgan fingerprint density at radius 3 is 2.18 bits per heavy atom. The maximum Gasteiger partial charge on any atom is 0.129 e. The minimum Gasteiger partial charge on any atom is -0.333 e. The van der Waals surface area contributed by atoms with Crippen molar-refractivity contribution in [3.05, 3.63) is 0 Å². The molecular weight excluding hydrogens is 342 g/mol. The molecule has 5 atom stereocenters. The minimum atomic E-state index is 0.308. The summed E-state index contributed by atoms with van der Waals surface area (Å²) >= 11 is 0. The lowest BCUT2D eigenvalue weighted by Gasteiger charge is -2.54. The van der Waals surface area contributed by atoms with Gasteiger partial charge in [0.1, 0.15) is 5.78 Å². The van der Waals surface area contributed by atoms with Crippen LogP contribution in [0.5, 0.6) is 0 Å². The van der Waals surface area contributed by atoms with Gasteiger partial charge in [0.05, 0.1) is 0 Å². The molecule has 168 valence electrons. The summed E-state index contributed by atoms with van der Waals surface area (Å²) in [6.07, 6.45) is 10.2. The van der Waals surface area contributed by atoms with Gasteiger partial charge in [-0.3, -0.25) is 0 Å². The monoisotopic (exact) mass is 395 g/mol. The van der Waals surface area contributed by atoms with Crippen molar-refractivity contribution >= 4 is 5.78 Å². The lowest BCUT2D eigenvalue weighted by Crippen LogP contribution is -2.46. The van der Waals surface area contributed by atoms with E-state index in [1.165, 1.54) is 45.6 Å². The fourth-order valence-corrected chi connectivity index (χ4v) is 6.81. The zero-order chi connectivity index (χ0) is 22.1. The molecule has 28 heavy (non-hydrogen) atoms. The molecule has 5 unspecified atom stereocenters. The highest BCUT2D eigenvalue weighted by Gasteiger charge is 2.55. The van der Waals surface area contributed by atoms with E-state index in [0.29, 0.717) is 16.6 Å². The van der Waals surface area contributed by atoms with Crippen LogP contribution in [-0.4, -0.2) is 12.8 Å². The van der Waals surface area contributed by atoms with E-state index in [9.17, 15) is 4.79 Å². The van der Waals surface area contributed by atoms with Gasteiger partial charge in [-0.2, -0.15) is 0 Å². The van der Waals surface area contributed by atoms with Gasteiger partial charge in [-0.1, -0.05) is 68.2 Å². The maximum atomic E-state index is 11.5. The average molecular weight is 396 g/mol. The van der Waals surface area contributed by atoms with Gasteiger partial charge >= 0.3 is 0 Å². The Morgan fingerprint density at radius 2 is 1.71 bits per heavy atom. The molecule has 0 aromatic carbocycles. The molecule has 2 aliphatic rings. The van der Waals surface area contributed by atoms with Crippen LogP contribution in [0.4, 0.5) is 0 Å². The second kappa shape index (κ2) is 12.4. The predicted molar refractivity (Wildman–Crippen MR) is 125 cm³/mol. The molecule has 2 fully saturated rings. The second-order valence-corrected chi connectivity index (χ2v) is 10.3. The molecule has 2 nitrogen and oxygen atoms in total. The van der Waals surface area contributed by atoms with Crippen molar-refractivity contribution in [2.24, 2.45) is 46.2 Å². The molecule has 2 aliphatic carbocycles. The van der Waals surface area contributed by atoms with Crippen LogP contribution in [0.1, 0.15) is 114 Å². The fraction of sp³-hybridized carbons (Fsp3) is 0.962. The summed E-state index contributed by atoms with van der Waals surface area (Å²) in [4.78, 5) is 11.5. The van der Waals surface area contributed by atoms with Gasteiger partial charge in [0.25, 0.3) is 0 Å². The van der Waals surface area contributed by atoms with Crippen LogP contribution in [-0.2, 0) is 4.79 Å². The molecule has 0 saturated heterocycles. The Morgan fingerprint density at radius 1 is 1.14 bits per heavy atom. The number of Topliss-reactive ketones (excluding diaryl/α,β-unsaturated/α-hetero) is 1. The fourth-order valence-electron chi connectivity index (χ4n) is 6.81. The van der Waals surface area contributed by atoms with E-state index in [4.69, 9.17) is 0 Å². The van der Waals surface area contributed by atoms with Crippen molar-refractivity contribution in [1.29, 1.82) is 0 Å². The molecule has 2 N–H and O–H groups in total. The first-order valence-corrected chi connectivity index (χ1v) is 12.2. The summed E-state index contributed by atoms with van der Waals surface area (Å²) in [5.41, 5.74) is 5.38. The van der Waals surface area contributed by atoms with Crippen LogP contribution in [0.15, 0.2) is 0 Å². The number of hydrogen-bond donors (Lipinski definition) is 1. The molecule has 2 rings (SSSR count). The third-order valence-electron chi connectivity index (χ3n) is 8.06. The zero-order valence-corrected chi connectivity index (χ0v) is 21.0. The van der Waals surface area contributed by atoms with E-state index >= 15 is 0 Å². The summed E-state index contributed by atoms with van der Waals surface area (Å²) in [7, 11) is 1.50. The van der Waals surface area contributed by atoms with Crippen LogP contribution in [0, 0.1) is 40.4 Å². The number of hydrogen-bond acceptors (Lipinski definition) is 2. The zero-order valence-electron chi connectivity index (χ0n) is 21.0. The SMILES string of the molecule is CC.CCCC1C(C(C)(C)CCC(C)=O)CCC2(C)C(C(C)C)CCC12.CN. The van der Waals surface area contributed by atoms with Crippen LogP contribution in [0.25, 0.3) is 0 Å². The van der Waals surface area contributed by atoms with Crippen molar-refractivity contribution in [2.75, 3.05) is 7.05 Å². The highest BCUT2D eigenvalue weighted by atomic mass is 16.1. The molecule has 2 heteroatoms. The predicted octanol–water partition coefficient (Wildman–Crippen LogP) is 7.50. The number of rotatable bonds is 7. The normalized spacial score (nSPS) is 32.0. The highest BCUT2D eigenvalue weighted by Crippen LogP contribution is 2.64. The smallest absolute Gasteiger partial charge is 0.129 e. The number of nitrogens with two attached hydrogens (primary N) is 1. The first-order chi connectivity index (χ1) is 13.1. The molecule has 0 bridgehead atoms. The van der Waals surface area contributed by atoms with Gasteiger partial charge < -0.3 is 10.5 Å². The van der Waals surface area contributed by atoms with Crippen molar-refractivity contribution in [2.45, 2.75) is 114 Å². The first-order valence-electron chi connectivity index (χ1n) is 12.2. The van der Waals surface area contributed by atoms with Gasteiger partial charge in [-0.05, 0) is 86.5 Å².